The van der Waals surface area contributed by atoms with Crippen LogP contribution in [0.1, 0.15) is 16.8 Å². The highest BCUT2D eigenvalue weighted by Crippen LogP contribution is 2.24. The molecule has 0 fully saturated rings. The second-order valence-corrected chi connectivity index (χ2v) is 9.23. The van der Waals surface area contributed by atoms with Gasteiger partial charge < -0.3 is 9.57 Å². The lowest BCUT2D eigenvalue weighted by atomic mass is 10.1. The van der Waals surface area contributed by atoms with Gasteiger partial charge in [0.2, 0.25) is 0 Å². The average Bonchev–Trinajstić information content (AvgIpc) is 2.97. The summed E-state index contributed by atoms with van der Waals surface area (Å²) >= 11 is 12.0. The van der Waals surface area contributed by atoms with Crippen LogP contribution in [0.4, 0.5) is 0 Å². The van der Waals surface area contributed by atoms with E-state index in [-0.39, 0.29) is 0 Å². The molecule has 0 radical (unpaired) electrons. The molecule has 2 aromatic heterocycles. The molecule has 6 nitrogen and oxygen atoms in total. The molecular weight excluding hydrogens is 531 g/mol. The number of aromatic nitrogens is 3. The van der Waals surface area contributed by atoms with Crippen molar-refractivity contribution in [2.75, 3.05) is 0 Å². The smallest absolute Gasteiger partial charge is 0.259 e. The SMILES string of the molecule is Clc1ccc(COc2ccc(/C=C/C(/C=C/c3ccccn3)=N/Oc3ncnc4cc(Cl)ccc34)cc2)cc1. The number of nitrogens with zero attached hydrogens (tertiary/aromatic N) is 4. The van der Waals surface area contributed by atoms with E-state index in [1.165, 1.54) is 6.33 Å². The van der Waals surface area contributed by atoms with Gasteiger partial charge in [-0.05, 0) is 84.0 Å². The van der Waals surface area contributed by atoms with E-state index in [0.29, 0.717) is 39.1 Å². The highest BCUT2D eigenvalue weighted by Gasteiger charge is 2.06. The summed E-state index contributed by atoms with van der Waals surface area (Å²) in [6.45, 7) is 0.461. The van der Waals surface area contributed by atoms with Crippen LogP contribution in [0.5, 0.6) is 11.6 Å². The van der Waals surface area contributed by atoms with E-state index in [4.69, 9.17) is 32.8 Å². The molecule has 5 aromatic rings. The zero-order valence-corrected chi connectivity index (χ0v) is 22.1. The predicted octanol–water partition coefficient (Wildman–Crippen LogP) is 8.07. The first-order valence-corrected chi connectivity index (χ1v) is 12.8. The van der Waals surface area contributed by atoms with Crippen molar-refractivity contribution in [3.63, 3.8) is 0 Å². The van der Waals surface area contributed by atoms with Crippen LogP contribution in [0.15, 0.2) is 115 Å². The van der Waals surface area contributed by atoms with Crippen molar-refractivity contribution < 1.29 is 9.57 Å². The number of halogens is 2. The van der Waals surface area contributed by atoms with Gasteiger partial charge in [-0.15, -0.1) is 0 Å². The van der Waals surface area contributed by atoms with Crippen molar-refractivity contribution in [1.29, 1.82) is 0 Å². The lowest BCUT2D eigenvalue weighted by Gasteiger charge is -2.06. The minimum atomic E-state index is 0.330. The summed E-state index contributed by atoms with van der Waals surface area (Å²) in [4.78, 5) is 18.6. The van der Waals surface area contributed by atoms with E-state index in [1.54, 1.807) is 24.4 Å². The Morgan fingerprint density at radius 2 is 1.59 bits per heavy atom. The number of benzene rings is 3. The van der Waals surface area contributed by atoms with Gasteiger partial charge in [0.1, 0.15) is 24.4 Å². The number of allylic oxidation sites excluding steroid dienone is 2. The lowest BCUT2D eigenvalue weighted by molar-refractivity contribution is 0.306. The zero-order valence-electron chi connectivity index (χ0n) is 20.6. The molecule has 0 atom stereocenters. The second kappa shape index (κ2) is 12.8. The summed E-state index contributed by atoms with van der Waals surface area (Å²) in [5.74, 6) is 1.10. The Bertz CT molecular complexity index is 1640. The summed E-state index contributed by atoms with van der Waals surface area (Å²) in [5.41, 5.74) is 4.04. The molecule has 39 heavy (non-hydrogen) atoms. The van der Waals surface area contributed by atoms with E-state index in [2.05, 4.69) is 20.1 Å². The van der Waals surface area contributed by atoms with E-state index in [0.717, 1.165) is 22.6 Å². The van der Waals surface area contributed by atoms with Gasteiger partial charge in [0, 0.05) is 16.2 Å². The average molecular weight is 553 g/mol. The summed E-state index contributed by atoms with van der Waals surface area (Å²) in [7, 11) is 0. The van der Waals surface area contributed by atoms with Crippen molar-refractivity contribution in [1.82, 2.24) is 15.0 Å². The van der Waals surface area contributed by atoms with Crippen molar-refractivity contribution in [3.05, 3.63) is 136 Å². The second-order valence-electron chi connectivity index (χ2n) is 8.35. The van der Waals surface area contributed by atoms with Crippen molar-refractivity contribution in [3.8, 4) is 11.6 Å². The summed E-state index contributed by atoms with van der Waals surface area (Å²) in [6, 6.07) is 26.4. The first kappa shape index (κ1) is 26.1. The molecule has 2 heterocycles. The normalized spacial score (nSPS) is 11.9. The number of hydrogen-bond donors (Lipinski definition) is 0. The van der Waals surface area contributed by atoms with Crippen LogP contribution in [0.2, 0.25) is 10.0 Å². The predicted molar refractivity (Wildman–Crippen MR) is 157 cm³/mol. The van der Waals surface area contributed by atoms with Crippen LogP contribution in [-0.2, 0) is 6.61 Å². The standard InChI is InChI=1S/C31H22Cl2N4O2/c32-24-9-4-23(5-10-24)20-38-28-15-7-22(8-16-28)6-12-27(14-13-26-3-1-2-18-34-26)37-39-31-29-17-11-25(33)19-30(29)35-21-36-31/h1-19,21H,20H2/b12-6+,14-13+,37-27-. The van der Waals surface area contributed by atoms with Gasteiger partial charge in [-0.3, -0.25) is 4.98 Å². The molecule has 0 aliphatic heterocycles. The van der Waals surface area contributed by atoms with Crippen LogP contribution in [-0.4, -0.2) is 20.7 Å². The van der Waals surface area contributed by atoms with Crippen molar-refractivity contribution in [2.24, 2.45) is 5.16 Å². The molecule has 0 aliphatic rings. The van der Waals surface area contributed by atoms with Crippen molar-refractivity contribution >= 4 is 52.0 Å². The Hall–Kier alpha value is -4.52. The number of fused-ring (bicyclic) bond motifs is 1. The number of pyridine rings is 1. The lowest BCUT2D eigenvalue weighted by Crippen LogP contribution is -1.97. The van der Waals surface area contributed by atoms with Gasteiger partial charge in [0.05, 0.1) is 16.6 Å². The highest BCUT2D eigenvalue weighted by atomic mass is 35.5. The molecule has 8 heteroatoms. The minimum Gasteiger partial charge on any atom is -0.489 e. The van der Waals surface area contributed by atoms with Crippen LogP contribution in [0.3, 0.4) is 0 Å². The quantitative estimate of drug-likeness (QED) is 0.136. The monoisotopic (exact) mass is 552 g/mol. The molecular formula is C31H22Cl2N4O2. The molecule has 0 saturated carbocycles. The number of ether oxygens (including phenoxy) is 1. The molecule has 0 bridgehead atoms. The number of oxime groups is 1. The van der Waals surface area contributed by atoms with Crippen LogP contribution in [0.25, 0.3) is 23.1 Å². The van der Waals surface area contributed by atoms with Crippen LogP contribution < -0.4 is 9.57 Å². The Labute approximate surface area is 235 Å². The summed E-state index contributed by atoms with van der Waals surface area (Å²) < 4.78 is 5.88. The minimum absolute atomic E-state index is 0.330. The molecule has 192 valence electrons. The number of rotatable bonds is 9. The summed E-state index contributed by atoms with van der Waals surface area (Å²) in [6.07, 6.45) is 10.6. The van der Waals surface area contributed by atoms with Gasteiger partial charge in [0.15, 0.2) is 0 Å². The van der Waals surface area contributed by atoms with Crippen LogP contribution in [0, 0.1) is 0 Å². The van der Waals surface area contributed by atoms with Crippen molar-refractivity contribution in [2.45, 2.75) is 6.61 Å². The largest absolute Gasteiger partial charge is 0.489 e. The van der Waals surface area contributed by atoms with Gasteiger partial charge in [-0.1, -0.05) is 64.8 Å². The fourth-order valence-electron chi connectivity index (χ4n) is 3.54. The molecule has 0 amide bonds. The van der Waals surface area contributed by atoms with E-state index in [9.17, 15) is 0 Å². The maximum Gasteiger partial charge on any atom is 0.259 e. The van der Waals surface area contributed by atoms with E-state index >= 15 is 0 Å². The molecule has 3 aromatic carbocycles. The van der Waals surface area contributed by atoms with Gasteiger partial charge in [-0.2, -0.15) is 4.98 Å². The van der Waals surface area contributed by atoms with Gasteiger partial charge >= 0.3 is 0 Å². The third-order valence-corrected chi connectivity index (χ3v) is 6.04. The van der Waals surface area contributed by atoms with E-state index < -0.39 is 0 Å². The Morgan fingerprint density at radius 3 is 2.38 bits per heavy atom. The van der Waals surface area contributed by atoms with Gasteiger partial charge in [0.25, 0.3) is 5.88 Å². The topological polar surface area (TPSA) is 69.5 Å². The zero-order chi connectivity index (χ0) is 26.9. The molecule has 0 aliphatic carbocycles. The first-order chi connectivity index (χ1) is 19.1. The third-order valence-electron chi connectivity index (χ3n) is 5.56. The fourth-order valence-corrected chi connectivity index (χ4v) is 3.83. The maximum atomic E-state index is 6.09. The van der Waals surface area contributed by atoms with Crippen LogP contribution >= 0.6 is 23.2 Å². The van der Waals surface area contributed by atoms with E-state index in [1.807, 2.05) is 91.0 Å². The first-order valence-electron chi connectivity index (χ1n) is 12.0. The molecule has 0 saturated heterocycles. The maximum absolute atomic E-state index is 6.09. The Kier molecular flexibility index (Phi) is 8.58. The fraction of sp³-hybridized carbons (Fsp3) is 0.0323. The molecule has 0 spiro atoms. The molecule has 0 unspecified atom stereocenters. The highest BCUT2D eigenvalue weighted by molar-refractivity contribution is 6.31. The Morgan fingerprint density at radius 1 is 0.795 bits per heavy atom. The Balaban J connectivity index is 1.32. The number of hydrogen-bond acceptors (Lipinski definition) is 6. The van der Waals surface area contributed by atoms with Gasteiger partial charge in [-0.25, -0.2) is 4.98 Å². The molecule has 0 N–H and O–H groups in total. The molecule has 5 rings (SSSR count). The summed E-state index contributed by atoms with van der Waals surface area (Å²) in [5, 5.41) is 6.33. The third kappa shape index (κ3) is 7.51.